The summed E-state index contributed by atoms with van der Waals surface area (Å²) in [7, 11) is 2.15. The number of carbonyl (C=O) groups is 1. The highest BCUT2D eigenvalue weighted by molar-refractivity contribution is 6.01. The lowest BCUT2D eigenvalue weighted by atomic mass is 10.1. The second-order valence-electron chi connectivity index (χ2n) is 5.28. The van der Waals surface area contributed by atoms with Gasteiger partial charge in [0, 0.05) is 32.2 Å². The standard InChI is InChI=1S/C14H20N4O/c1-17-7-6-15-8-11(17)9-18-10-14(19)16-12-4-2-3-5-13(12)18/h2-5,11,15H,6-10H2,1H3,(H,16,19). The zero-order valence-corrected chi connectivity index (χ0v) is 11.2. The third kappa shape index (κ3) is 2.57. The summed E-state index contributed by atoms with van der Waals surface area (Å²) in [4.78, 5) is 16.3. The lowest BCUT2D eigenvalue weighted by molar-refractivity contribution is -0.115. The van der Waals surface area contributed by atoms with E-state index in [1.165, 1.54) is 0 Å². The molecule has 2 heterocycles. The zero-order valence-electron chi connectivity index (χ0n) is 11.2. The Labute approximate surface area is 113 Å². The molecule has 0 aromatic heterocycles. The van der Waals surface area contributed by atoms with E-state index < -0.39 is 0 Å². The molecule has 0 radical (unpaired) electrons. The molecule has 2 N–H and O–H groups in total. The van der Waals surface area contributed by atoms with Crippen LogP contribution in [-0.4, -0.2) is 56.6 Å². The van der Waals surface area contributed by atoms with Crippen LogP contribution in [0.15, 0.2) is 24.3 Å². The second kappa shape index (κ2) is 5.19. The first-order chi connectivity index (χ1) is 9.24. The maximum absolute atomic E-state index is 11.8. The van der Waals surface area contributed by atoms with Crippen LogP contribution in [0, 0.1) is 0 Å². The van der Waals surface area contributed by atoms with Gasteiger partial charge < -0.3 is 15.5 Å². The second-order valence-corrected chi connectivity index (χ2v) is 5.28. The fraction of sp³-hybridized carbons (Fsp3) is 0.500. The molecule has 5 nitrogen and oxygen atoms in total. The highest BCUT2D eigenvalue weighted by Gasteiger charge is 2.26. The van der Waals surface area contributed by atoms with Crippen LogP contribution in [0.5, 0.6) is 0 Å². The van der Waals surface area contributed by atoms with Gasteiger partial charge in [-0.1, -0.05) is 12.1 Å². The van der Waals surface area contributed by atoms with Crippen molar-refractivity contribution < 1.29 is 4.79 Å². The normalized spacial score (nSPS) is 23.9. The Morgan fingerprint density at radius 3 is 3.05 bits per heavy atom. The van der Waals surface area contributed by atoms with Crippen LogP contribution in [0.1, 0.15) is 0 Å². The van der Waals surface area contributed by atoms with Gasteiger partial charge in [-0.05, 0) is 19.2 Å². The minimum atomic E-state index is 0.0742. The van der Waals surface area contributed by atoms with Crippen molar-refractivity contribution in [1.82, 2.24) is 10.2 Å². The van der Waals surface area contributed by atoms with E-state index in [2.05, 4.69) is 33.5 Å². The van der Waals surface area contributed by atoms with Crippen molar-refractivity contribution in [3.8, 4) is 0 Å². The Kier molecular flexibility index (Phi) is 3.40. The number of anilines is 2. The molecule has 5 heteroatoms. The highest BCUT2D eigenvalue weighted by atomic mass is 16.2. The SMILES string of the molecule is CN1CCNCC1CN1CC(=O)Nc2ccccc21. The first-order valence-corrected chi connectivity index (χ1v) is 6.79. The quantitative estimate of drug-likeness (QED) is 0.805. The number of rotatable bonds is 2. The first kappa shape index (κ1) is 12.4. The van der Waals surface area contributed by atoms with Gasteiger partial charge in [-0.2, -0.15) is 0 Å². The van der Waals surface area contributed by atoms with E-state index in [0.717, 1.165) is 37.6 Å². The number of hydrogen-bond donors (Lipinski definition) is 2. The maximum Gasteiger partial charge on any atom is 0.243 e. The third-order valence-corrected chi connectivity index (χ3v) is 3.93. The van der Waals surface area contributed by atoms with Crippen molar-refractivity contribution in [3.05, 3.63) is 24.3 Å². The van der Waals surface area contributed by atoms with Crippen molar-refractivity contribution in [2.75, 3.05) is 50.0 Å². The summed E-state index contributed by atoms with van der Waals surface area (Å²) in [5.41, 5.74) is 2.05. The number of carbonyl (C=O) groups excluding carboxylic acids is 1. The molecule has 0 saturated carbocycles. The Morgan fingerprint density at radius 2 is 2.21 bits per heavy atom. The highest BCUT2D eigenvalue weighted by Crippen LogP contribution is 2.29. The van der Waals surface area contributed by atoms with E-state index in [0.29, 0.717) is 12.6 Å². The molecule has 1 unspecified atom stereocenters. The maximum atomic E-state index is 11.8. The topological polar surface area (TPSA) is 47.6 Å². The molecule has 0 aliphatic carbocycles. The molecular weight excluding hydrogens is 240 g/mol. The number of para-hydroxylation sites is 2. The number of amides is 1. The summed E-state index contributed by atoms with van der Waals surface area (Å²) in [6.07, 6.45) is 0. The molecule has 102 valence electrons. The van der Waals surface area contributed by atoms with Crippen LogP contribution in [0.2, 0.25) is 0 Å². The minimum Gasteiger partial charge on any atom is -0.359 e. The number of nitrogens with one attached hydrogen (secondary N) is 2. The predicted molar refractivity (Wildman–Crippen MR) is 76.6 cm³/mol. The Hall–Kier alpha value is -1.59. The van der Waals surface area contributed by atoms with Gasteiger partial charge in [-0.15, -0.1) is 0 Å². The molecule has 3 rings (SSSR count). The van der Waals surface area contributed by atoms with Crippen molar-refractivity contribution in [2.24, 2.45) is 0 Å². The van der Waals surface area contributed by atoms with E-state index in [9.17, 15) is 4.79 Å². The number of likely N-dealkylation sites (N-methyl/N-ethyl adjacent to an activating group) is 1. The Bertz CT molecular complexity index is 476. The number of piperazine rings is 1. The van der Waals surface area contributed by atoms with E-state index in [-0.39, 0.29) is 5.91 Å². The van der Waals surface area contributed by atoms with Gasteiger partial charge in [0.25, 0.3) is 0 Å². The zero-order chi connectivity index (χ0) is 13.2. The fourth-order valence-electron chi connectivity index (χ4n) is 2.79. The van der Waals surface area contributed by atoms with Crippen molar-refractivity contribution in [3.63, 3.8) is 0 Å². The van der Waals surface area contributed by atoms with Crippen molar-refractivity contribution in [1.29, 1.82) is 0 Å². The Balaban J connectivity index is 1.79. The van der Waals surface area contributed by atoms with Gasteiger partial charge >= 0.3 is 0 Å². The number of benzene rings is 1. The largest absolute Gasteiger partial charge is 0.359 e. The lowest BCUT2D eigenvalue weighted by Crippen LogP contribution is -2.55. The molecule has 1 atom stereocenters. The summed E-state index contributed by atoms with van der Waals surface area (Å²) in [5, 5.41) is 6.35. The average Bonchev–Trinajstić information content (AvgIpc) is 2.41. The van der Waals surface area contributed by atoms with Gasteiger partial charge in [0.15, 0.2) is 0 Å². The lowest BCUT2D eigenvalue weighted by Gasteiger charge is -2.39. The van der Waals surface area contributed by atoms with E-state index in [1.807, 2.05) is 18.2 Å². The van der Waals surface area contributed by atoms with Crippen LogP contribution < -0.4 is 15.5 Å². The molecule has 2 aliphatic rings. The fourth-order valence-corrected chi connectivity index (χ4v) is 2.79. The van der Waals surface area contributed by atoms with Crippen LogP contribution >= 0.6 is 0 Å². The molecule has 1 saturated heterocycles. The number of nitrogens with zero attached hydrogens (tertiary/aromatic N) is 2. The summed E-state index contributed by atoms with van der Waals surface area (Å²) in [5.74, 6) is 0.0742. The van der Waals surface area contributed by atoms with Crippen molar-refractivity contribution in [2.45, 2.75) is 6.04 Å². The number of hydrogen-bond acceptors (Lipinski definition) is 4. The monoisotopic (exact) mass is 260 g/mol. The number of fused-ring (bicyclic) bond motifs is 1. The van der Waals surface area contributed by atoms with Gasteiger partial charge in [-0.3, -0.25) is 9.69 Å². The summed E-state index contributed by atoms with van der Waals surface area (Å²) in [6, 6.07) is 8.46. The smallest absolute Gasteiger partial charge is 0.243 e. The Morgan fingerprint density at radius 1 is 1.37 bits per heavy atom. The molecule has 1 aromatic rings. The molecule has 0 spiro atoms. The average molecular weight is 260 g/mol. The molecule has 1 fully saturated rings. The predicted octanol–water partition coefficient (Wildman–Crippen LogP) is 0.349. The van der Waals surface area contributed by atoms with Crippen LogP contribution in [0.3, 0.4) is 0 Å². The summed E-state index contributed by atoms with van der Waals surface area (Å²) >= 11 is 0. The molecule has 2 aliphatic heterocycles. The van der Waals surface area contributed by atoms with Gasteiger partial charge in [-0.25, -0.2) is 0 Å². The van der Waals surface area contributed by atoms with Crippen LogP contribution in [-0.2, 0) is 4.79 Å². The third-order valence-electron chi connectivity index (χ3n) is 3.93. The van der Waals surface area contributed by atoms with E-state index in [1.54, 1.807) is 0 Å². The summed E-state index contributed by atoms with van der Waals surface area (Å²) in [6.45, 7) is 4.42. The minimum absolute atomic E-state index is 0.0742. The van der Waals surface area contributed by atoms with Gasteiger partial charge in [0.1, 0.15) is 0 Å². The molecule has 1 aromatic carbocycles. The van der Waals surface area contributed by atoms with Crippen molar-refractivity contribution >= 4 is 17.3 Å². The van der Waals surface area contributed by atoms with Crippen LogP contribution in [0.25, 0.3) is 0 Å². The summed E-state index contributed by atoms with van der Waals surface area (Å²) < 4.78 is 0. The van der Waals surface area contributed by atoms with Crippen LogP contribution in [0.4, 0.5) is 11.4 Å². The van der Waals surface area contributed by atoms with E-state index in [4.69, 9.17) is 0 Å². The van der Waals surface area contributed by atoms with E-state index >= 15 is 0 Å². The van der Waals surface area contributed by atoms with Gasteiger partial charge in [0.2, 0.25) is 5.91 Å². The first-order valence-electron chi connectivity index (χ1n) is 6.79. The van der Waals surface area contributed by atoms with Gasteiger partial charge in [0.05, 0.1) is 17.9 Å². The molecule has 1 amide bonds. The molecule has 0 bridgehead atoms. The molecular formula is C14H20N4O. The molecule has 19 heavy (non-hydrogen) atoms.